The van der Waals surface area contributed by atoms with E-state index in [9.17, 15) is 4.79 Å². The fourth-order valence-corrected chi connectivity index (χ4v) is 1.32. The molecule has 1 aromatic heterocycles. The van der Waals surface area contributed by atoms with Gasteiger partial charge in [0.15, 0.2) is 0 Å². The van der Waals surface area contributed by atoms with Crippen LogP contribution in [-0.2, 0) is 12.5 Å². The van der Waals surface area contributed by atoms with E-state index in [-0.39, 0.29) is 11.0 Å². The first-order valence-corrected chi connectivity index (χ1v) is 4.09. The van der Waals surface area contributed by atoms with Gasteiger partial charge < -0.3 is 4.57 Å². The first kappa shape index (κ1) is 9.04. The van der Waals surface area contributed by atoms with Crippen molar-refractivity contribution in [3.8, 4) is 0 Å². The van der Waals surface area contributed by atoms with Gasteiger partial charge in [-0.2, -0.15) is 0 Å². The van der Waals surface area contributed by atoms with Gasteiger partial charge in [-0.25, -0.2) is 0 Å². The van der Waals surface area contributed by atoms with E-state index in [2.05, 4.69) is 20.8 Å². The van der Waals surface area contributed by atoms with Crippen LogP contribution in [0.2, 0.25) is 0 Å². The minimum Gasteiger partial charge on any atom is -0.315 e. The molecule has 1 heterocycles. The Hall–Kier alpha value is -1.05. The normalized spacial score (nSPS) is 11.7. The number of hydrogen-bond donors (Lipinski definition) is 0. The van der Waals surface area contributed by atoms with Gasteiger partial charge in [-0.3, -0.25) is 4.79 Å². The van der Waals surface area contributed by atoms with E-state index >= 15 is 0 Å². The molecule has 2 nitrogen and oxygen atoms in total. The van der Waals surface area contributed by atoms with Crippen LogP contribution in [0.25, 0.3) is 0 Å². The minimum absolute atomic E-state index is 0.0369. The smallest absolute Gasteiger partial charge is 0.250 e. The lowest BCUT2D eigenvalue weighted by molar-refractivity contribution is 0.531. The summed E-state index contributed by atoms with van der Waals surface area (Å²) < 4.78 is 1.69. The van der Waals surface area contributed by atoms with Crippen LogP contribution in [0.1, 0.15) is 26.5 Å². The Morgan fingerprint density at radius 3 is 2.25 bits per heavy atom. The maximum atomic E-state index is 11.2. The summed E-state index contributed by atoms with van der Waals surface area (Å²) in [6.07, 6.45) is 0. The molecule has 0 fully saturated rings. The molecule has 0 aromatic carbocycles. The average molecular weight is 165 g/mol. The van der Waals surface area contributed by atoms with Gasteiger partial charge >= 0.3 is 0 Å². The Morgan fingerprint density at radius 1 is 1.25 bits per heavy atom. The van der Waals surface area contributed by atoms with E-state index in [0.29, 0.717) is 0 Å². The molecule has 0 saturated carbocycles. The summed E-state index contributed by atoms with van der Waals surface area (Å²) >= 11 is 0. The van der Waals surface area contributed by atoms with Crippen LogP contribution in [-0.4, -0.2) is 4.57 Å². The van der Waals surface area contributed by atoms with Crippen LogP contribution >= 0.6 is 0 Å². The van der Waals surface area contributed by atoms with Gasteiger partial charge in [0.25, 0.3) is 0 Å². The van der Waals surface area contributed by atoms with Gasteiger partial charge in [-0.15, -0.1) is 0 Å². The predicted octanol–water partition coefficient (Wildman–Crippen LogP) is 1.68. The van der Waals surface area contributed by atoms with E-state index in [1.54, 1.807) is 10.6 Å². The molecule has 0 saturated heterocycles. The van der Waals surface area contributed by atoms with Crippen LogP contribution in [0.15, 0.2) is 23.0 Å². The molecule has 0 N–H and O–H groups in total. The highest BCUT2D eigenvalue weighted by Crippen LogP contribution is 2.19. The molecule has 12 heavy (non-hydrogen) atoms. The van der Waals surface area contributed by atoms with Crippen molar-refractivity contribution in [2.45, 2.75) is 26.2 Å². The third-order valence-electron chi connectivity index (χ3n) is 1.95. The van der Waals surface area contributed by atoms with Crippen LogP contribution < -0.4 is 5.56 Å². The highest BCUT2D eigenvalue weighted by molar-refractivity contribution is 5.14. The molecule has 0 amide bonds. The first-order chi connectivity index (χ1) is 5.43. The topological polar surface area (TPSA) is 22.0 Å². The number of pyridine rings is 1. The van der Waals surface area contributed by atoms with Crippen molar-refractivity contribution in [1.82, 2.24) is 4.57 Å². The molecule has 1 rings (SSSR count). The molecule has 0 aliphatic heterocycles. The molecule has 66 valence electrons. The lowest BCUT2D eigenvalue weighted by Crippen LogP contribution is -2.26. The predicted molar refractivity (Wildman–Crippen MR) is 50.4 cm³/mol. The van der Waals surface area contributed by atoms with Gasteiger partial charge in [0.1, 0.15) is 0 Å². The molecule has 0 aliphatic carbocycles. The Labute approximate surface area is 72.8 Å². The zero-order valence-corrected chi connectivity index (χ0v) is 8.09. The van der Waals surface area contributed by atoms with Crippen molar-refractivity contribution in [3.05, 3.63) is 34.2 Å². The van der Waals surface area contributed by atoms with Gasteiger partial charge in [0.05, 0.1) is 0 Å². The Bertz CT molecular complexity index is 330. The Morgan fingerprint density at radius 2 is 1.83 bits per heavy atom. The summed E-state index contributed by atoms with van der Waals surface area (Å²) in [6, 6.07) is 5.37. The second-order valence-electron chi connectivity index (χ2n) is 4.06. The van der Waals surface area contributed by atoms with Crippen molar-refractivity contribution in [1.29, 1.82) is 0 Å². The number of nitrogens with zero attached hydrogens (tertiary/aromatic N) is 1. The van der Waals surface area contributed by atoms with Crippen molar-refractivity contribution < 1.29 is 0 Å². The summed E-state index contributed by atoms with van der Waals surface area (Å²) in [7, 11) is 1.81. The van der Waals surface area contributed by atoms with E-state index in [1.807, 2.05) is 19.2 Å². The largest absolute Gasteiger partial charge is 0.315 e. The Balaban J connectivity index is 3.36. The SMILES string of the molecule is Cn1c(C(C)(C)C)cccc1=O. The summed E-state index contributed by atoms with van der Waals surface area (Å²) in [5.41, 5.74) is 1.16. The summed E-state index contributed by atoms with van der Waals surface area (Å²) in [4.78, 5) is 11.2. The van der Waals surface area contributed by atoms with Crippen molar-refractivity contribution in [3.63, 3.8) is 0 Å². The van der Waals surface area contributed by atoms with Gasteiger partial charge in [-0.1, -0.05) is 26.8 Å². The highest BCUT2D eigenvalue weighted by Gasteiger charge is 2.16. The quantitative estimate of drug-likeness (QED) is 0.573. The van der Waals surface area contributed by atoms with Crippen LogP contribution in [0.4, 0.5) is 0 Å². The molecule has 0 spiro atoms. The molecule has 0 bridgehead atoms. The van der Waals surface area contributed by atoms with Crippen LogP contribution in [0.3, 0.4) is 0 Å². The van der Waals surface area contributed by atoms with Gasteiger partial charge in [0.2, 0.25) is 5.56 Å². The molecule has 0 aliphatic rings. The standard InChI is InChI=1S/C10H15NO/c1-10(2,3)8-6-5-7-9(12)11(8)4/h5-7H,1-4H3. The lowest BCUT2D eigenvalue weighted by Gasteiger charge is -2.21. The zero-order chi connectivity index (χ0) is 9.35. The summed E-state index contributed by atoms with van der Waals surface area (Å²) in [5.74, 6) is 0. The fraction of sp³-hybridized carbons (Fsp3) is 0.500. The van der Waals surface area contributed by atoms with Gasteiger partial charge in [-0.05, 0) is 6.07 Å². The highest BCUT2D eigenvalue weighted by atomic mass is 16.1. The maximum Gasteiger partial charge on any atom is 0.250 e. The number of rotatable bonds is 0. The molecular formula is C10H15NO. The Kier molecular flexibility index (Phi) is 2.09. The third-order valence-corrected chi connectivity index (χ3v) is 1.95. The van der Waals surface area contributed by atoms with Crippen molar-refractivity contribution >= 4 is 0 Å². The lowest BCUT2D eigenvalue weighted by atomic mass is 9.91. The third kappa shape index (κ3) is 1.58. The van der Waals surface area contributed by atoms with Crippen molar-refractivity contribution in [2.75, 3.05) is 0 Å². The van der Waals surface area contributed by atoms with E-state index in [1.165, 1.54) is 0 Å². The molecule has 0 unspecified atom stereocenters. The summed E-state index contributed by atoms with van der Waals surface area (Å²) in [6.45, 7) is 6.30. The van der Waals surface area contributed by atoms with E-state index in [4.69, 9.17) is 0 Å². The molecule has 0 radical (unpaired) electrons. The van der Waals surface area contributed by atoms with Crippen molar-refractivity contribution in [2.24, 2.45) is 7.05 Å². The average Bonchev–Trinajstić information content (AvgIpc) is 1.92. The second-order valence-corrected chi connectivity index (χ2v) is 4.06. The fourth-order valence-electron chi connectivity index (χ4n) is 1.32. The molecular weight excluding hydrogens is 150 g/mol. The molecule has 0 atom stereocenters. The second kappa shape index (κ2) is 2.77. The summed E-state index contributed by atoms with van der Waals surface area (Å²) in [5, 5.41) is 0. The van der Waals surface area contributed by atoms with Gasteiger partial charge in [0, 0.05) is 24.2 Å². The monoisotopic (exact) mass is 165 g/mol. The van der Waals surface area contributed by atoms with E-state index in [0.717, 1.165) is 5.69 Å². The first-order valence-electron chi connectivity index (χ1n) is 4.09. The number of hydrogen-bond acceptors (Lipinski definition) is 1. The maximum absolute atomic E-state index is 11.2. The van der Waals surface area contributed by atoms with Crippen LogP contribution in [0.5, 0.6) is 0 Å². The zero-order valence-electron chi connectivity index (χ0n) is 8.09. The minimum atomic E-state index is 0.0369. The van der Waals surface area contributed by atoms with E-state index < -0.39 is 0 Å². The van der Waals surface area contributed by atoms with Crippen LogP contribution in [0, 0.1) is 0 Å². The number of aromatic nitrogens is 1. The molecule has 2 heteroatoms. The molecule has 1 aromatic rings.